The molecule has 1 unspecified atom stereocenters. The van der Waals surface area contributed by atoms with Crippen LogP contribution < -0.4 is 0 Å². The van der Waals surface area contributed by atoms with Crippen LogP contribution in [0.2, 0.25) is 0 Å². The van der Waals surface area contributed by atoms with E-state index in [2.05, 4.69) is 6.92 Å². The van der Waals surface area contributed by atoms with Crippen LogP contribution in [0, 0.1) is 11.8 Å². The number of aliphatic hydroxyl groups excluding tert-OH is 1. The molecule has 2 N–H and O–H groups in total. The molecule has 0 aliphatic heterocycles. The summed E-state index contributed by atoms with van der Waals surface area (Å²) < 4.78 is 4.99. The number of carbonyl (C=O) groups is 2. The molecule has 0 saturated carbocycles. The number of aliphatic carboxylic acids is 1. The SMILES string of the molecule is CCCCCCC(O)[C@H]1C=CC(=O)[C@@H]1CCCCOCC(=O)O. The Bertz CT molecular complexity index is 391. The van der Waals surface area contributed by atoms with E-state index in [9.17, 15) is 14.7 Å². The summed E-state index contributed by atoms with van der Waals surface area (Å²) in [6.07, 6.45) is 10.5. The number of aliphatic hydroxyl groups is 1. The molecule has 132 valence electrons. The van der Waals surface area contributed by atoms with E-state index in [1.165, 1.54) is 12.8 Å². The Balaban J connectivity index is 2.26. The molecule has 0 fully saturated rings. The van der Waals surface area contributed by atoms with E-state index in [0.717, 1.165) is 38.5 Å². The number of carbonyl (C=O) groups excluding carboxylic acids is 1. The lowest BCUT2D eigenvalue weighted by molar-refractivity contribution is -0.142. The smallest absolute Gasteiger partial charge is 0.329 e. The van der Waals surface area contributed by atoms with Crippen LogP contribution in [0.1, 0.15) is 58.3 Å². The van der Waals surface area contributed by atoms with E-state index in [1.54, 1.807) is 6.08 Å². The minimum atomic E-state index is -0.966. The second-order valence-electron chi connectivity index (χ2n) is 6.30. The number of allylic oxidation sites excluding steroid dienone is 1. The van der Waals surface area contributed by atoms with Crippen LogP contribution >= 0.6 is 0 Å². The molecule has 0 saturated heterocycles. The lowest BCUT2D eigenvalue weighted by Gasteiger charge is -2.23. The van der Waals surface area contributed by atoms with Crippen molar-refractivity contribution in [3.05, 3.63) is 12.2 Å². The molecule has 3 atom stereocenters. The van der Waals surface area contributed by atoms with E-state index in [1.807, 2.05) is 6.08 Å². The van der Waals surface area contributed by atoms with Crippen molar-refractivity contribution in [1.29, 1.82) is 0 Å². The van der Waals surface area contributed by atoms with Gasteiger partial charge in [0.2, 0.25) is 0 Å². The Labute approximate surface area is 138 Å². The van der Waals surface area contributed by atoms with Crippen LogP contribution in [-0.2, 0) is 14.3 Å². The highest BCUT2D eigenvalue weighted by Gasteiger charge is 2.33. The molecular formula is C18H30O5. The Morgan fingerprint density at radius 3 is 2.74 bits per heavy atom. The number of ketones is 1. The van der Waals surface area contributed by atoms with Gasteiger partial charge in [-0.3, -0.25) is 4.79 Å². The van der Waals surface area contributed by atoms with Crippen molar-refractivity contribution in [2.45, 2.75) is 64.4 Å². The van der Waals surface area contributed by atoms with Crippen LogP contribution in [0.4, 0.5) is 0 Å². The Kier molecular flexibility index (Phi) is 9.80. The molecule has 5 heteroatoms. The topological polar surface area (TPSA) is 83.8 Å². The zero-order valence-corrected chi connectivity index (χ0v) is 14.1. The van der Waals surface area contributed by atoms with Crippen LogP contribution in [0.25, 0.3) is 0 Å². The first kappa shape index (κ1) is 19.8. The second-order valence-corrected chi connectivity index (χ2v) is 6.30. The predicted octanol–water partition coefficient (Wildman–Crippen LogP) is 2.96. The molecule has 0 spiro atoms. The Morgan fingerprint density at radius 1 is 1.26 bits per heavy atom. The van der Waals surface area contributed by atoms with E-state index < -0.39 is 12.1 Å². The number of carboxylic acid groups (broad SMARTS) is 1. The second kappa shape index (κ2) is 11.4. The third kappa shape index (κ3) is 7.75. The molecule has 5 nitrogen and oxygen atoms in total. The van der Waals surface area contributed by atoms with Crippen molar-refractivity contribution in [2.75, 3.05) is 13.2 Å². The highest BCUT2D eigenvalue weighted by Crippen LogP contribution is 2.31. The number of rotatable bonds is 13. The molecule has 0 aromatic rings. The highest BCUT2D eigenvalue weighted by atomic mass is 16.5. The third-order valence-corrected chi connectivity index (χ3v) is 4.39. The van der Waals surface area contributed by atoms with Gasteiger partial charge in [0, 0.05) is 18.4 Å². The van der Waals surface area contributed by atoms with Gasteiger partial charge in [0.1, 0.15) is 6.61 Å². The number of carboxylic acids is 1. The first-order valence-corrected chi connectivity index (χ1v) is 8.76. The number of hydrogen-bond donors (Lipinski definition) is 2. The summed E-state index contributed by atoms with van der Waals surface area (Å²) >= 11 is 0. The van der Waals surface area contributed by atoms with Crippen molar-refractivity contribution >= 4 is 11.8 Å². The molecule has 23 heavy (non-hydrogen) atoms. The lowest BCUT2D eigenvalue weighted by Crippen LogP contribution is -2.27. The summed E-state index contributed by atoms with van der Waals surface area (Å²) in [6, 6.07) is 0. The quantitative estimate of drug-likeness (QED) is 0.508. The monoisotopic (exact) mass is 326 g/mol. The van der Waals surface area contributed by atoms with E-state index in [4.69, 9.17) is 9.84 Å². The van der Waals surface area contributed by atoms with Crippen LogP contribution in [0.15, 0.2) is 12.2 Å². The molecule has 1 rings (SSSR count). The fourth-order valence-corrected chi connectivity index (χ4v) is 3.09. The number of unbranched alkanes of at least 4 members (excludes halogenated alkanes) is 4. The zero-order chi connectivity index (χ0) is 17.1. The number of ether oxygens (including phenoxy) is 1. The fourth-order valence-electron chi connectivity index (χ4n) is 3.09. The van der Waals surface area contributed by atoms with Gasteiger partial charge in [-0.1, -0.05) is 45.1 Å². The van der Waals surface area contributed by atoms with Gasteiger partial charge < -0.3 is 14.9 Å². The maximum absolute atomic E-state index is 12.0. The molecule has 0 aromatic heterocycles. The molecule has 1 aliphatic rings. The maximum atomic E-state index is 12.0. The lowest BCUT2D eigenvalue weighted by atomic mass is 9.84. The van der Waals surface area contributed by atoms with Crippen LogP contribution in [0.5, 0.6) is 0 Å². The number of hydrogen-bond acceptors (Lipinski definition) is 4. The summed E-state index contributed by atoms with van der Waals surface area (Å²) in [5.74, 6) is -1.06. The van der Waals surface area contributed by atoms with Gasteiger partial charge in [-0.2, -0.15) is 0 Å². The average Bonchev–Trinajstić information content (AvgIpc) is 2.88. The van der Waals surface area contributed by atoms with Crippen molar-refractivity contribution in [2.24, 2.45) is 11.8 Å². The van der Waals surface area contributed by atoms with Gasteiger partial charge >= 0.3 is 5.97 Å². The molecule has 0 aromatic carbocycles. The van der Waals surface area contributed by atoms with Gasteiger partial charge in [0.25, 0.3) is 0 Å². The molecule has 0 amide bonds. The minimum absolute atomic E-state index is 0.0657. The average molecular weight is 326 g/mol. The van der Waals surface area contributed by atoms with Crippen molar-refractivity contribution in [3.8, 4) is 0 Å². The van der Waals surface area contributed by atoms with Crippen molar-refractivity contribution in [1.82, 2.24) is 0 Å². The van der Waals surface area contributed by atoms with Crippen LogP contribution in [0.3, 0.4) is 0 Å². The maximum Gasteiger partial charge on any atom is 0.329 e. The van der Waals surface area contributed by atoms with Gasteiger partial charge in [0.15, 0.2) is 5.78 Å². The summed E-state index contributed by atoms with van der Waals surface area (Å²) in [6.45, 7) is 2.28. The summed E-state index contributed by atoms with van der Waals surface area (Å²) in [5, 5.41) is 18.8. The van der Waals surface area contributed by atoms with Crippen LogP contribution in [-0.4, -0.2) is 41.3 Å². The standard InChI is InChI=1S/C18H30O5/c1-2-3-4-5-9-16(19)15-10-11-17(20)14(15)8-6-7-12-23-13-18(21)22/h10-11,14-16,19H,2-9,12-13H2,1H3,(H,21,22)/t14-,15+,16?/m1/s1. The van der Waals surface area contributed by atoms with Gasteiger partial charge in [-0.15, -0.1) is 0 Å². The highest BCUT2D eigenvalue weighted by molar-refractivity contribution is 5.94. The summed E-state index contributed by atoms with van der Waals surface area (Å²) in [4.78, 5) is 22.3. The molecule has 0 bridgehead atoms. The van der Waals surface area contributed by atoms with E-state index in [-0.39, 0.29) is 24.2 Å². The fraction of sp³-hybridized carbons (Fsp3) is 0.778. The van der Waals surface area contributed by atoms with Gasteiger partial charge in [-0.05, 0) is 25.3 Å². The van der Waals surface area contributed by atoms with Crippen molar-refractivity contribution in [3.63, 3.8) is 0 Å². The first-order valence-electron chi connectivity index (χ1n) is 8.76. The zero-order valence-electron chi connectivity index (χ0n) is 14.1. The normalized spacial score (nSPS) is 21.7. The predicted molar refractivity (Wildman–Crippen MR) is 88.2 cm³/mol. The Morgan fingerprint density at radius 2 is 2.04 bits per heavy atom. The molecule has 0 radical (unpaired) electrons. The largest absolute Gasteiger partial charge is 0.480 e. The van der Waals surface area contributed by atoms with Crippen molar-refractivity contribution < 1.29 is 24.5 Å². The minimum Gasteiger partial charge on any atom is -0.480 e. The molecule has 1 aliphatic carbocycles. The van der Waals surface area contributed by atoms with Gasteiger partial charge in [-0.25, -0.2) is 4.79 Å². The first-order chi connectivity index (χ1) is 11.1. The third-order valence-electron chi connectivity index (χ3n) is 4.39. The summed E-state index contributed by atoms with van der Waals surface area (Å²) in [5.41, 5.74) is 0. The Hall–Kier alpha value is -1.20. The van der Waals surface area contributed by atoms with E-state index >= 15 is 0 Å². The van der Waals surface area contributed by atoms with E-state index in [0.29, 0.717) is 6.61 Å². The van der Waals surface area contributed by atoms with Gasteiger partial charge in [0.05, 0.1) is 6.10 Å². The molecule has 0 heterocycles. The molecular weight excluding hydrogens is 296 g/mol. The summed E-state index contributed by atoms with van der Waals surface area (Å²) in [7, 11) is 0.